The average Bonchev–Trinajstić information content (AvgIpc) is 3.50. The molecule has 0 bridgehead atoms. The van der Waals surface area contributed by atoms with E-state index in [1.807, 2.05) is 22.4 Å². The molecule has 0 saturated carbocycles. The maximum absolute atomic E-state index is 13.1. The Balaban J connectivity index is 1.35. The third-order valence-corrected chi connectivity index (χ3v) is 6.94. The lowest BCUT2D eigenvalue weighted by Gasteiger charge is -2.35. The maximum atomic E-state index is 13.1. The number of Topliss-reactive ketones (excluding diaryl/α,β-unsaturated/α-hetero) is 1. The molecule has 0 aliphatic carbocycles. The molecule has 2 aromatic rings. The molecule has 1 aromatic heterocycles. The summed E-state index contributed by atoms with van der Waals surface area (Å²) in [6.07, 6.45) is 2.87. The van der Waals surface area contributed by atoms with Crippen molar-refractivity contribution < 1.29 is 19.1 Å². The van der Waals surface area contributed by atoms with Crippen LogP contribution in [-0.2, 0) is 4.79 Å². The first-order valence-corrected chi connectivity index (χ1v) is 11.3. The van der Waals surface area contributed by atoms with E-state index in [2.05, 4.69) is 0 Å². The monoisotopic (exact) mass is 426 g/mol. The second kappa shape index (κ2) is 9.00. The zero-order chi connectivity index (χ0) is 21.1. The lowest BCUT2D eigenvalue weighted by Crippen LogP contribution is -2.50. The number of rotatable bonds is 5. The van der Waals surface area contributed by atoms with Crippen LogP contribution in [0.3, 0.4) is 0 Å². The van der Waals surface area contributed by atoms with Crippen LogP contribution in [0.5, 0.6) is 5.75 Å². The van der Waals surface area contributed by atoms with Gasteiger partial charge in [-0.2, -0.15) is 0 Å². The van der Waals surface area contributed by atoms with Crippen LogP contribution in [0.2, 0.25) is 0 Å². The van der Waals surface area contributed by atoms with Crippen molar-refractivity contribution in [2.75, 3.05) is 26.7 Å². The fourth-order valence-electron chi connectivity index (χ4n) is 4.37. The van der Waals surface area contributed by atoms with Crippen LogP contribution >= 0.6 is 11.3 Å². The molecule has 0 spiro atoms. The summed E-state index contributed by atoms with van der Waals surface area (Å²) in [6.45, 7) is 1.74. The molecule has 0 N–H and O–H groups in total. The molecule has 7 heteroatoms. The highest BCUT2D eigenvalue weighted by Gasteiger charge is 2.38. The van der Waals surface area contributed by atoms with Gasteiger partial charge < -0.3 is 14.5 Å². The summed E-state index contributed by atoms with van der Waals surface area (Å²) in [4.78, 5) is 42.9. The van der Waals surface area contributed by atoms with Crippen molar-refractivity contribution in [3.63, 3.8) is 0 Å². The van der Waals surface area contributed by atoms with Gasteiger partial charge in [-0.05, 0) is 61.4 Å². The molecular formula is C23H26N2O4S. The Morgan fingerprint density at radius 1 is 1.00 bits per heavy atom. The van der Waals surface area contributed by atoms with Crippen LogP contribution in [-0.4, -0.2) is 60.2 Å². The first kappa shape index (κ1) is 20.6. The number of carbonyl (C=O) groups excluding carboxylic acids is 3. The molecule has 6 nitrogen and oxygen atoms in total. The van der Waals surface area contributed by atoms with E-state index in [9.17, 15) is 14.4 Å². The lowest BCUT2D eigenvalue weighted by molar-refractivity contribution is -0.136. The van der Waals surface area contributed by atoms with Crippen molar-refractivity contribution in [2.24, 2.45) is 5.92 Å². The predicted octanol–water partition coefficient (Wildman–Crippen LogP) is 3.48. The van der Waals surface area contributed by atoms with Gasteiger partial charge in [0, 0.05) is 31.1 Å². The summed E-state index contributed by atoms with van der Waals surface area (Å²) in [6, 6.07) is 10.5. The molecule has 0 radical (unpaired) electrons. The van der Waals surface area contributed by atoms with Crippen LogP contribution in [0.4, 0.5) is 0 Å². The van der Waals surface area contributed by atoms with E-state index in [1.54, 1.807) is 36.3 Å². The molecular weight excluding hydrogens is 400 g/mol. The molecule has 4 rings (SSSR count). The fourth-order valence-corrected chi connectivity index (χ4v) is 5.05. The van der Waals surface area contributed by atoms with Gasteiger partial charge >= 0.3 is 0 Å². The van der Waals surface area contributed by atoms with Gasteiger partial charge in [0.25, 0.3) is 5.91 Å². The minimum absolute atomic E-state index is 0.0211. The van der Waals surface area contributed by atoms with Gasteiger partial charge in [-0.3, -0.25) is 14.4 Å². The Bertz CT molecular complexity index is 902. The van der Waals surface area contributed by atoms with Crippen molar-refractivity contribution in [2.45, 2.75) is 31.7 Å². The Labute approximate surface area is 180 Å². The number of amides is 2. The normalized spacial score (nSPS) is 19.7. The SMILES string of the molecule is COc1ccc(C(=O)C2CCN(C(=O)C3CCCN3C(=O)c3cccs3)CC2)cc1. The number of piperidine rings is 1. The van der Waals surface area contributed by atoms with Crippen LogP contribution in [0.15, 0.2) is 41.8 Å². The molecule has 3 heterocycles. The van der Waals surface area contributed by atoms with Crippen molar-refractivity contribution in [1.29, 1.82) is 0 Å². The number of carbonyl (C=O) groups is 3. The molecule has 2 fully saturated rings. The fraction of sp³-hybridized carbons (Fsp3) is 0.435. The number of benzene rings is 1. The van der Waals surface area contributed by atoms with Crippen molar-refractivity contribution >= 4 is 28.9 Å². The lowest BCUT2D eigenvalue weighted by atomic mass is 9.88. The number of likely N-dealkylation sites (tertiary alicyclic amines) is 2. The number of thiophene rings is 1. The smallest absolute Gasteiger partial charge is 0.264 e. The molecule has 1 aromatic carbocycles. The zero-order valence-corrected chi connectivity index (χ0v) is 17.9. The quantitative estimate of drug-likeness (QED) is 0.687. The molecule has 30 heavy (non-hydrogen) atoms. The van der Waals surface area contributed by atoms with Gasteiger partial charge in [0.05, 0.1) is 12.0 Å². The Kier molecular flexibility index (Phi) is 6.18. The molecule has 158 valence electrons. The first-order chi connectivity index (χ1) is 14.6. The number of ketones is 1. The molecule has 2 aliphatic rings. The van der Waals surface area contributed by atoms with Crippen molar-refractivity contribution in [1.82, 2.24) is 9.80 Å². The van der Waals surface area contributed by atoms with E-state index in [0.29, 0.717) is 49.3 Å². The Morgan fingerprint density at radius 3 is 2.37 bits per heavy atom. The van der Waals surface area contributed by atoms with Crippen LogP contribution in [0.25, 0.3) is 0 Å². The summed E-state index contributed by atoms with van der Waals surface area (Å²) in [7, 11) is 1.60. The summed E-state index contributed by atoms with van der Waals surface area (Å²) in [5.41, 5.74) is 0.684. The largest absolute Gasteiger partial charge is 0.497 e. The summed E-state index contributed by atoms with van der Waals surface area (Å²) < 4.78 is 5.15. The number of ether oxygens (including phenoxy) is 1. The highest BCUT2D eigenvalue weighted by Crippen LogP contribution is 2.27. The Morgan fingerprint density at radius 2 is 1.73 bits per heavy atom. The standard InChI is InChI=1S/C23H26N2O4S/c1-29-18-8-6-16(7-9-18)21(26)17-10-13-24(14-11-17)22(27)19-4-2-12-25(19)23(28)20-5-3-15-30-20/h3,5-9,15,17,19H,2,4,10-14H2,1H3. The highest BCUT2D eigenvalue weighted by molar-refractivity contribution is 7.12. The van der Waals surface area contributed by atoms with Gasteiger partial charge in [-0.15, -0.1) is 11.3 Å². The van der Waals surface area contributed by atoms with Gasteiger partial charge in [0.15, 0.2) is 5.78 Å². The number of hydrogen-bond donors (Lipinski definition) is 0. The topological polar surface area (TPSA) is 66.9 Å². The highest BCUT2D eigenvalue weighted by atomic mass is 32.1. The van der Waals surface area contributed by atoms with E-state index < -0.39 is 0 Å². The second-order valence-corrected chi connectivity index (χ2v) is 8.77. The molecule has 1 atom stereocenters. The van der Waals surface area contributed by atoms with Crippen molar-refractivity contribution in [3.8, 4) is 5.75 Å². The summed E-state index contributed by atoms with van der Waals surface area (Å²) in [5.74, 6) is 0.748. The molecule has 2 aliphatic heterocycles. The summed E-state index contributed by atoms with van der Waals surface area (Å²) in [5, 5.41) is 1.88. The minimum Gasteiger partial charge on any atom is -0.497 e. The second-order valence-electron chi connectivity index (χ2n) is 7.83. The van der Waals surface area contributed by atoms with Crippen molar-refractivity contribution in [3.05, 3.63) is 52.2 Å². The third-order valence-electron chi connectivity index (χ3n) is 6.08. The number of nitrogens with zero attached hydrogens (tertiary/aromatic N) is 2. The third kappa shape index (κ3) is 4.12. The maximum Gasteiger partial charge on any atom is 0.264 e. The van der Waals surface area contributed by atoms with Crippen LogP contribution < -0.4 is 4.74 Å². The van der Waals surface area contributed by atoms with E-state index in [0.717, 1.165) is 12.2 Å². The molecule has 2 amide bonds. The summed E-state index contributed by atoms with van der Waals surface area (Å²) >= 11 is 1.41. The number of hydrogen-bond acceptors (Lipinski definition) is 5. The van der Waals surface area contributed by atoms with E-state index in [-0.39, 0.29) is 29.6 Å². The number of methoxy groups -OCH3 is 1. The minimum atomic E-state index is -0.381. The van der Waals surface area contributed by atoms with Gasteiger partial charge in [-0.25, -0.2) is 0 Å². The first-order valence-electron chi connectivity index (χ1n) is 10.4. The molecule has 2 saturated heterocycles. The Hall–Kier alpha value is -2.67. The van der Waals surface area contributed by atoms with Gasteiger partial charge in [0.1, 0.15) is 11.8 Å². The van der Waals surface area contributed by atoms with Crippen LogP contribution in [0, 0.1) is 5.92 Å². The van der Waals surface area contributed by atoms with Crippen LogP contribution in [0.1, 0.15) is 45.7 Å². The van der Waals surface area contributed by atoms with E-state index >= 15 is 0 Å². The van der Waals surface area contributed by atoms with Gasteiger partial charge in [0.2, 0.25) is 5.91 Å². The predicted molar refractivity (Wildman–Crippen MR) is 115 cm³/mol. The van der Waals surface area contributed by atoms with Gasteiger partial charge in [-0.1, -0.05) is 6.07 Å². The van der Waals surface area contributed by atoms with E-state index in [1.165, 1.54) is 11.3 Å². The molecule has 1 unspecified atom stereocenters. The van der Waals surface area contributed by atoms with E-state index in [4.69, 9.17) is 4.74 Å². The zero-order valence-electron chi connectivity index (χ0n) is 17.1. The average molecular weight is 427 g/mol.